The van der Waals surface area contributed by atoms with Gasteiger partial charge >= 0.3 is 0 Å². The van der Waals surface area contributed by atoms with Crippen molar-refractivity contribution >= 4 is 9.84 Å². The third-order valence-corrected chi connectivity index (χ3v) is 3.47. The quantitative estimate of drug-likeness (QED) is 0.869. The number of sulfone groups is 1. The zero-order valence-corrected chi connectivity index (χ0v) is 10.7. The molecule has 19 heavy (non-hydrogen) atoms. The van der Waals surface area contributed by atoms with E-state index < -0.39 is 21.5 Å². The van der Waals surface area contributed by atoms with Crippen molar-refractivity contribution in [3.05, 3.63) is 54.1 Å². The Morgan fingerprint density at radius 1 is 0.947 bits per heavy atom. The fourth-order valence-corrected chi connectivity index (χ4v) is 2.10. The number of hydrogen-bond acceptors (Lipinski definition) is 3. The second kappa shape index (κ2) is 4.97. The van der Waals surface area contributed by atoms with Crippen LogP contribution in [-0.4, -0.2) is 14.7 Å². The minimum absolute atomic E-state index is 0.0875. The van der Waals surface area contributed by atoms with E-state index in [0.29, 0.717) is 0 Å². The maximum Gasteiger partial charge on any atom is 0.175 e. The standard InChI is InChI=1S/C13H10F2O3S/c1-19(16,17)11-4-2-3-9(7-11)18-10-5-6-12(14)13(15)8-10/h2-8H,1H3. The van der Waals surface area contributed by atoms with Crippen LogP contribution in [0.25, 0.3) is 0 Å². The topological polar surface area (TPSA) is 43.4 Å². The summed E-state index contributed by atoms with van der Waals surface area (Å²) in [5, 5.41) is 0. The van der Waals surface area contributed by atoms with Crippen molar-refractivity contribution in [1.29, 1.82) is 0 Å². The zero-order chi connectivity index (χ0) is 14.0. The molecular formula is C13H10F2O3S. The number of ether oxygens (including phenoxy) is 1. The lowest BCUT2D eigenvalue weighted by molar-refractivity contribution is 0.460. The average molecular weight is 284 g/mol. The van der Waals surface area contributed by atoms with Gasteiger partial charge in [-0.3, -0.25) is 0 Å². The van der Waals surface area contributed by atoms with Crippen molar-refractivity contribution in [1.82, 2.24) is 0 Å². The highest BCUT2D eigenvalue weighted by molar-refractivity contribution is 7.90. The SMILES string of the molecule is CS(=O)(=O)c1cccc(Oc2ccc(F)c(F)c2)c1. The van der Waals surface area contributed by atoms with Gasteiger partial charge in [0.25, 0.3) is 0 Å². The molecule has 0 bridgehead atoms. The van der Waals surface area contributed by atoms with Crippen LogP contribution in [0.1, 0.15) is 0 Å². The van der Waals surface area contributed by atoms with Crippen molar-refractivity contribution in [2.75, 3.05) is 6.26 Å². The van der Waals surface area contributed by atoms with Gasteiger partial charge in [-0.25, -0.2) is 17.2 Å². The molecule has 0 unspecified atom stereocenters. The molecule has 0 aliphatic rings. The fraction of sp³-hybridized carbons (Fsp3) is 0.0769. The molecule has 3 nitrogen and oxygen atoms in total. The Labute approximate surface area is 109 Å². The summed E-state index contributed by atoms with van der Waals surface area (Å²) in [4.78, 5) is 0.0904. The molecule has 0 radical (unpaired) electrons. The Bertz CT molecular complexity index is 712. The number of halogens is 2. The largest absolute Gasteiger partial charge is 0.457 e. The van der Waals surface area contributed by atoms with Crippen molar-refractivity contribution in [2.24, 2.45) is 0 Å². The second-order valence-corrected chi connectivity index (χ2v) is 5.94. The summed E-state index contributed by atoms with van der Waals surface area (Å²) < 4.78 is 53.8. The first kappa shape index (κ1) is 13.5. The van der Waals surface area contributed by atoms with Crippen LogP contribution < -0.4 is 4.74 Å². The lowest BCUT2D eigenvalue weighted by Gasteiger charge is -2.07. The predicted octanol–water partition coefficient (Wildman–Crippen LogP) is 3.16. The Morgan fingerprint density at radius 3 is 2.26 bits per heavy atom. The van der Waals surface area contributed by atoms with Crippen LogP contribution in [0.3, 0.4) is 0 Å². The lowest BCUT2D eigenvalue weighted by Crippen LogP contribution is -1.97. The monoisotopic (exact) mass is 284 g/mol. The van der Waals surface area contributed by atoms with E-state index in [1.807, 2.05) is 0 Å². The van der Waals surface area contributed by atoms with Crippen molar-refractivity contribution in [2.45, 2.75) is 4.90 Å². The highest BCUT2D eigenvalue weighted by Gasteiger charge is 2.09. The molecule has 0 spiro atoms. The van der Waals surface area contributed by atoms with Gasteiger partial charge in [-0.2, -0.15) is 0 Å². The molecule has 0 N–H and O–H groups in total. The van der Waals surface area contributed by atoms with Gasteiger partial charge in [0, 0.05) is 12.3 Å². The summed E-state index contributed by atoms with van der Waals surface area (Å²) >= 11 is 0. The molecule has 0 atom stereocenters. The van der Waals surface area contributed by atoms with E-state index in [-0.39, 0.29) is 16.4 Å². The van der Waals surface area contributed by atoms with Crippen molar-refractivity contribution in [3.63, 3.8) is 0 Å². The van der Waals surface area contributed by atoms with Crippen LogP contribution in [-0.2, 0) is 9.84 Å². The summed E-state index contributed by atoms with van der Waals surface area (Å²) in [6.07, 6.45) is 1.07. The Morgan fingerprint density at radius 2 is 1.63 bits per heavy atom. The first-order valence-corrected chi connectivity index (χ1v) is 7.18. The molecule has 0 amide bonds. The van der Waals surface area contributed by atoms with Gasteiger partial charge in [-0.1, -0.05) is 6.07 Å². The van der Waals surface area contributed by atoms with Crippen LogP contribution in [0.15, 0.2) is 47.4 Å². The summed E-state index contributed by atoms with van der Waals surface area (Å²) in [6.45, 7) is 0. The van der Waals surface area contributed by atoms with Crippen molar-refractivity contribution < 1.29 is 21.9 Å². The summed E-state index contributed by atoms with van der Waals surface area (Å²) in [6, 6.07) is 8.85. The van der Waals surface area contributed by atoms with E-state index in [9.17, 15) is 17.2 Å². The number of rotatable bonds is 3. The van der Waals surface area contributed by atoms with E-state index in [1.165, 1.54) is 30.3 Å². The van der Waals surface area contributed by atoms with E-state index in [0.717, 1.165) is 18.4 Å². The molecule has 0 aliphatic carbocycles. The Hall–Kier alpha value is -1.95. The van der Waals surface area contributed by atoms with Gasteiger partial charge < -0.3 is 4.74 Å². The second-order valence-electron chi connectivity index (χ2n) is 3.93. The smallest absolute Gasteiger partial charge is 0.175 e. The molecule has 2 aromatic carbocycles. The Kier molecular flexibility index (Phi) is 3.53. The van der Waals surface area contributed by atoms with E-state index in [1.54, 1.807) is 0 Å². The summed E-state index contributed by atoms with van der Waals surface area (Å²) in [7, 11) is -3.35. The molecular weight excluding hydrogens is 274 g/mol. The molecule has 2 aromatic rings. The van der Waals surface area contributed by atoms with E-state index >= 15 is 0 Å². The highest BCUT2D eigenvalue weighted by atomic mass is 32.2. The maximum atomic E-state index is 13.0. The van der Waals surface area contributed by atoms with Crippen LogP contribution in [0.4, 0.5) is 8.78 Å². The first-order chi connectivity index (χ1) is 8.86. The molecule has 6 heteroatoms. The van der Waals surface area contributed by atoms with Crippen molar-refractivity contribution in [3.8, 4) is 11.5 Å². The molecule has 0 aliphatic heterocycles. The molecule has 100 valence electrons. The minimum Gasteiger partial charge on any atom is -0.457 e. The highest BCUT2D eigenvalue weighted by Crippen LogP contribution is 2.25. The molecule has 0 aromatic heterocycles. The minimum atomic E-state index is -3.35. The van der Waals surface area contributed by atoms with Crippen LogP contribution in [0.5, 0.6) is 11.5 Å². The van der Waals surface area contributed by atoms with Crippen LogP contribution in [0.2, 0.25) is 0 Å². The molecule has 0 saturated heterocycles. The first-order valence-electron chi connectivity index (χ1n) is 5.29. The fourth-order valence-electron chi connectivity index (χ4n) is 1.44. The van der Waals surface area contributed by atoms with Gasteiger partial charge in [0.2, 0.25) is 0 Å². The van der Waals surface area contributed by atoms with Crippen LogP contribution >= 0.6 is 0 Å². The lowest BCUT2D eigenvalue weighted by atomic mass is 10.3. The van der Waals surface area contributed by atoms with Gasteiger partial charge in [-0.15, -0.1) is 0 Å². The maximum absolute atomic E-state index is 13.0. The average Bonchev–Trinajstić information content (AvgIpc) is 2.33. The van der Waals surface area contributed by atoms with Gasteiger partial charge in [0.1, 0.15) is 11.5 Å². The molecule has 2 rings (SSSR count). The summed E-state index contributed by atoms with van der Waals surface area (Å²) in [5.41, 5.74) is 0. The van der Waals surface area contributed by atoms with E-state index in [2.05, 4.69) is 0 Å². The zero-order valence-electron chi connectivity index (χ0n) is 9.93. The summed E-state index contributed by atoms with van der Waals surface area (Å²) in [5.74, 6) is -1.69. The third kappa shape index (κ3) is 3.29. The van der Waals surface area contributed by atoms with E-state index in [4.69, 9.17) is 4.74 Å². The molecule has 0 heterocycles. The van der Waals surface area contributed by atoms with Gasteiger partial charge in [0.15, 0.2) is 21.5 Å². The van der Waals surface area contributed by atoms with Gasteiger partial charge in [-0.05, 0) is 30.3 Å². The van der Waals surface area contributed by atoms with Crippen LogP contribution in [0, 0.1) is 11.6 Å². The molecule has 0 saturated carbocycles. The molecule has 0 fully saturated rings. The number of hydrogen-bond donors (Lipinski definition) is 0. The number of benzene rings is 2. The predicted molar refractivity (Wildman–Crippen MR) is 66.0 cm³/mol. The third-order valence-electron chi connectivity index (χ3n) is 2.36. The van der Waals surface area contributed by atoms with Gasteiger partial charge in [0.05, 0.1) is 4.90 Å². The Balaban J connectivity index is 2.31. The normalized spacial score (nSPS) is 11.3.